The number of hydrogen-bond donors (Lipinski definition) is 1. The molecule has 1 N–H and O–H groups in total. The number of phenols is 1. The summed E-state index contributed by atoms with van der Waals surface area (Å²) >= 11 is 0. The Kier molecular flexibility index (Phi) is 3.66. The smallest absolute Gasteiger partial charge is 0.312 e. The van der Waals surface area contributed by atoms with Crippen molar-refractivity contribution >= 4 is 11.8 Å². The topological polar surface area (TPSA) is 63.6 Å². The van der Waals surface area contributed by atoms with Crippen molar-refractivity contribution in [2.45, 2.75) is 19.8 Å². The first kappa shape index (κ1) is 12.2. The molecule has 0 saturated heterocycles. The Bertz CT molecular complexity index is 423. The van der Waals surface area contributed by atoms with Gasteiger partial charge in [-0.3, -0.25) is 9.59 Å². The number of ether oxygens (including phenoxy) is 1. The van der Waals surface area contributed by atoms with Gasteiger partial charge in [-0.15, -0.1) is 0 Å². The first-order chi connectivity index (χ1) is 7.47. The molecule has 0 amide bonds. The number of phenolic OH excluding ortho intramolecular Hbond substituents is 1. The van der Waals surface area contributed by atoms with Crippen molar-refractivity contribution in [3.63, 3.8) is 0 Å². The van der Waals surface area contributed by atoms with Crippen LogP contribution in [-0.2, 0) is 9.53 Å². The van der Waals surface area contributed by atoms with Crippen LogP contribution in [0.5, 0.6) is 5.75 Å². The summed E-state index contributed by atoms with van der Waals surface area (Å²) in [6, 6.07) is 4.52. The number of rotatable bonds is 3. The van der Waals surface area contributed by atoms with E-state index in [0.29, 0.717) is 5.56 Å². The SMILES string of the molecule is COC(=O)C(C)c1ccc(O)c(C(C)=O)c1. The Morgan fingerprint density at radius 2 is 2.00 bits per heavy atom. The van der Waals surface area contributed by atoms with Gasteiger partial charge in [0.2, 0.25) is 0 Å². The minimum Gasteiger partial charge on any atom is -0.507 e. The van der Waals surface area contributed by atoms with E-state index in [9.17, 15) is 14.7 Å². The molecule has 0 aliphatic rings. The minimum absolute atomic E-state index is 0.0756. The van der Waals surface area contributed by atoms with Crippen LogP contribution in [0.25, 0.3) is 0 Å². The van der Waals surface area contributed by atoms with Gasteiger partial charge in [0.15, 0.2) is 5.78 Å². The third kappa shape index (κ3) is 2.39. The monoisotopic (exact) mass is 222 g/mol. The molecule has 4 heteroatoms. The molecule has 0 aromatic heterocycles. The van der Waals surface area contributed by atoms with Crippen LogP contribution in [0.3, 0.4) is 0 Å². The van der Waals surface area contributed by atoms with Crippen LogP contribution in [0, 0.1) is 0 Å². The Hall–Kier alpha value is -1.84. The van der Waals surface area contributed by atoms with Gasteiger partial charge < -0.3 is 9.84 Å². The van der Waals surface area contributed by atoms with E-state index in [4.69, 9.17) is 0 Å². The lowest BCUT2D eigenvalue weighted by atomic mass is 9.97. The molecule has 0 fully saturated rings. The molecular weight excluding hydrogens is 208 g/mol. The number of hydrogen-bond acceptors (Lipinski definition) is 4. The van der Waals surface area contributed by atoms with Gasteiger partial charge in [0, 0.05) is 0 Å². The van der Waals surface area contributed by atoms with E-state index in [1.165, 1.54) is 26.2 Å². The largest absolute Gasteiger partial charge is 0.507 e. The molecule has 0 heterocycles. The van der Waals surface area contributed by atoms with Crippen LogP contribution in [0.15, 0.2) is 18.2 Å². The van der Waals surface area contributed by atoms with Gasteiger partial charge in [-0.25, -0.2) is 0 Å². The van der Waals surface area contributed by atoms with E-state index in [-0.39, 0.29) is 23.1 Å². The molecule has 1 rings (SSSR count). The molecule has 0 spiro atoms. The third-order valence-electron chi connectivity index (χ3n) is 2.45. The molecule has 1 unspecified atom stereocenters. The van der Waals surface area contributed by atoms with E-state index < -0.39 is 5.92 Å². The molecule has 0 bridgehead atoms. The summed E-state index contributed by atoms with van der Waals surface area (Å²) in [7, 11) is 1.31. The second-order valence-corrected chi connectivity index (χ2v) is 3.58. The van der Waals surface area contributed by atoms with Gasteiger partial charge in [-0.05, 0) is 31.5 Å². The summed E-state index contributed by atoms with van der Waals surface area (Å²) in [4.78, 5) is 22.5. The number of esters is 1. The second-order valence-electron chi connectivity index (χ2n) is 3.58. The highest BCUT2D eigenvalue weighted by molar-refractivity contribution is 5.97. The Labute approximate surface area is 93.9 Å². The van der Waals surface area contributed by atoms with Crippen LogP contribution in [0.4, 0.5) is 0 Å². The number of methoxy groups -OCH3 is 1. The van der Waals surface area contributed by atoms with E-state index in [1.54, 1.807) is 13.0 Å². The van der Waals surface area contributed by atoms with E-state index in [0.717, 1.165) is 0 Å². The first-order valence-corrected chi connectivity index (χ1v) is 4.89. The second kappa shape index (κ2) is 4.79. The van der Waals surface area contributed by atoms with Gasteiger partial charge >= 0.3 is 5.97 Å². The highest BCUT2D eigenvalue weighted by Gasteiger charge is 2.17. The zero-order valence-electron chi connectivity index (χ0n) is 9.48. The molecule has 1 atom stereocenters. The number of Topliss-reactive ketones (excluding diaryl/α,β-unsaturated/α-hetero) is 1. The van der Waals surface area contributed by atoms with Crippen molar-refractivity contribution in [2.75, 3.05) is 7.11 Å². The summed E-state index contributed by atoms with van der Waals surface area (Å²) in [6.45, 7) is 3.05. The van der Waals surface area contributed by atoms with Crippen molar-refractivity contribution in [3.05, 3.63) is 29.3 Å². The molecule has 86 valence electrons. The van der Waals surface area contributed by atoms with Crippen LogP contribution >= 0.6 is 0 Å². The standard InChI is InChI=1S/C12H14O4/c1-7(12(15)16-3)9-4-5-11(14)10(6-9)8(2)13/h4-7,14H,1-3H3. The summed E-state index contributed by atoms with van der Waals surface area (Å²) in [5, 5.41) is 9.45. The number of benzene rings is 1. The highest BCUT2D eigenvalue weighted by Crippen LogP contribution is 2.24. The summed E-state index contributed by atoms with van der Waals surface area (Å²) in [5.41, 5.74) is 0.864. The number of ketones is 1. The van der Waals surface area contributed by atoms with Gasteiger partial charge in [-0.2, -0.15) is 0 Å². The average molecular weight is 222 g/mol. The molecule has 1 aromatic carbocycles. The number of carbonyl (C=O) groups is 2. The summed E-state index contributed by atoms with van der Waals surface area (Å²) < 4.78 is 4.61. The maximum absolute atomic E-state index is 11.3. The molecule has 0 aliphatic heterocycles. The lowest BCUT2D eigenvalue weighted by Gasteiger charge is -2.11. The van der Waals surface area contributed by atoms with E-state index in [1.807, 2.05) is 0 Å². The lowest BCUT2D eigenvalue weighted by Crippen LogP contribution is -2.11. The predicted octanol–water partition coefficient (Wildman–Crippen LogP) is 1.87. The Morgan fingerprint density at radius 1 is 1.38 bits per heavy atom. The first-order valence-electron chi connectivity index (χ1n) is 4.89. The van der Waals surface area contributed by atoms with E-state index >= 15 is 0 Å². The van der Waals surface area contributed by atoms with Crippen molar-refractivity contribution in [3.8, 4) is 5.75 Å². The molecular formula is C12H14O4. The van der Waals surface area contributed by atoms with Crippen LogP contribution in [-0.4, -0.2) is 24.0 Å². The zero-order chi connectivity index (χ0) is 12.3. The minimum atomic E-state index is -0.455. The van der Waals surface area contributed by atoms with Crippen molar-refractivity contribution in [1.82, 2.24) is 0 Å². The molecule has 0 saturated carbocycles. The molecule has 0 aliphatic carbocycles. The maximum atomic E-state index is 11.3. The fourth-order valence-electron chi connectivity index (χ4n) is 1.42. The fraction of sp³-hybridized carbons (Fsp3) is 0.333. The average Bonchev–Trinajstić information content (AvgIpc) is 2.27. The molecule has 4 nitrogen and oxygen atoms in total. The van der Waals surface area contributed by atoms with Crippen LogP contribution in [0.1, 0.15) is 35.7 Å². The quantitative estimate of drug-likeness (QED) is 0.626. The van der Waals surface area contributed by atoms with Crippen LogP contribution in [0.2, 0.25) is 0 Å². The van der Waals surface area contributed by atoms with Gasteiger partial charge in [0.1, 0.15) is 5.75 Å². The molecule has 0 radical (unpaired) electrons. The summed E-state index contributed by atoms with van der Waals surface area (Å²) in [5.74, 6) is -1.14. The molecule has 16 heavy (non-hydrogen) atoms. The van der Waals surface area contributed by atoms with Gasteiger partial charge in [-0.1, -0.05) is 6.07 Å². The third-order valence-corrected chi connectivity index (χ3v) is 2.45. The predicted molar refractivity (Wildman–Crippen MR) is 58.5 cm³/mol. The van der Waals surface area contributed by atoms with Crippen molar-refractivity contribution in [2.24, 2.45) is 0 Å². The van der Waals surface area contributed by atoms with E-state index in [2.05, 4.69) is 4.74 Å². The van der Waals surface area contributed by atoms with Gasteiger partial charge in [0.25, 0.3) is 0 Å². The lowest BCUT2D eigenvalue weighted by molar-refractivity contribution is -0.142. The van der Waals surface area contributed by atoms with Crippen molar-refractivity contribution in [1.29, 1.82) is 0 Å². The zero-order valence-corrected chi connectivity index (χ0v) is 9.48. The normalized spacial score (nSPS) is 11.9. The summed E-state index contributed by atoms with van der Waals surface area (Å²) in [6.07, 6.45) is 0. The van der Waals surface area contributed by atoms with Gasteiger partial charge in [0.05, 0.1) is 18.6 Å². The fourth-order valence-corrected chi connectivity index (χ4v) is 1.42. The number of carbonyl (C=O) groups excluding carboxylic acids is 2. The number of aromatic hydroxyl groups is 1. The van der Waals surface area contributed by atoms with Crippen LogP contribution < -0.4 is 0 Å². The van der Waals surface area contributed by atoms with Crippen molar-refractivity contribution < 1.29 is 19.4 Å². The maximum Gasteiger partial charge on any atom is 0.312 e. The molecule has 1 aromatic rings. The highest BCUT2D eigenvalue weighted by atomic mass is 16.5. The Balaban J connectivity index is 3.12. The Morgan fingerprint density at radius 3 is 2.50 bits per heavy atom.